The predicted molar refractivity (Wildman–Crippen MR) is 72.1 cm³/mol. The number of amides is 2. The SMILES string of the molecule is CCC1NC(=O)C(C)(CC)N(CC=C(C)C)C1=O. The van der Waals surface area contributed by atoms with Crippen molar-refractivity contribution in [3.8, 4) is 0 Å². The molecule has 1 aliphatic rings. The number of rotatable bonds is 4. The zero-order chi connectivity index (χ0) is 13.9. The Balaban J connectivity index is 3.06. The molecule has 1 aliphatic heterocycles. The molecule has 0 aromatic heterocycles. The molecule has 1 rings (SSSR count). The van der Waals surface area contributed by atoms with Crippen LogP contribution in [0.5, 0.6) is 0 Å². The summed E-state index contributed by atoms with van der Waals surface area (Å²) < 4.78 is 0. The lowest BCUT2D eigenvalue weighted by molar-refractivity contribution is -0.155. The van der Waals surface area contributed by atoms with Gasteiger partial charge in [0.05, 0.1) is 0 Å². The zero-order valence-corrected chi connectivity index (χ0v) is 12.0. The van der Waals surface area contributed by atoms with Crippen LogP contribution in [0, 0.1) is 0 Å². The van der Waals surface area contributed by atoms with Gasteiger partial charge in [-0.2, -0.15) is 0 Å². The number of allylic oxidation sites excluding steroid dienone is 1. The molecule has 4 nitrogen and oxygen atoms in total. The molecular formula is C14H24N2O2. The van der Waals surface area contributed by atoms with Crippen LogP contribution >= 0.6 is 0 Å². The fraction of sp³-hybridized carbons (Fsp3) is 0.714. The summed E-state index contributed by atoms with van der Waals surface area (Å²) in [6.45, 7) is 10.2. The molecule has 0 saturated carbocycles. The third-order valence-electron chi connectivity index (χ3n) is 3.73. The van der Waals surface area contributed by atoms with Gasteiger partial charge in [0.1, 0.15) is 11.6 Å². The molecule has 0 bridgehead atoms. The topological polar surface area (TPSA) is 49.4 Å². The van der Waals surface area contributed by atoms with Gasteiger partial charge in [-0.15, -0.1) is 0 Å². The number of carbonyl (C=O) groups excluding carboxylic acids is 2. The van der Waals surface area contributed by atoms with Gasteiger partial charge in [-0.25, -0.2) is 0 Å². The smallest absolute Gasteiger partial charge is 0.246 e. The molecule has 18 heavy (non-hydrogen) atoms. The Labute approximate surface area is 109 Å². The molecule has 1 fully saturated rings. The van der Waals surface area contributed by atoms with Crippen LogP contribution in [0.15, 0.2) is 11.6 Å². The molecule has 0 aromatic rings. The second-order valence-corrected chi connectivity index (χ2v) is 5.29. The first-order valence-electron chi connectivity index (χ1n) is 6.62. The third-order valence-corrected chi connectivity index (χ3v) is 3.73. The molecule has 0 radical (unpaired) electrons. The second kappa shape index (κ2) is 5.55. The molecule has 0 aromatic carbocycles. The van der Waals surface area contributed by atoms with Crippen LogP contribution < -0.4 is 5.32 Å². The lowest BCUT2D eigenvalue weighted by Gasteiger charge is -2.45. The summed E-state index contributed by atoms with van der Waals surface area (Å²) in [4.78, 5) is 26.3. The van der Waals surface area contributed by atoms with E-state index in [-0.39, 0.29) is 17.9 Å². The highest BCUT2D eigenvalue weighted by Crippen LogP contribution is 2.25. The van der Waals surface area contributed by atoms with Crippen LogP contribution in [-0.2, 0) is 9.59 Å². The Morgan fingerprint density at radius 1 is 1.39 bits per heavy atom. The highest BCUT2D eigenvalue weighted by Gasteiger charge is 2.47. The van der Waals surface area contributed by atoms with E-state index in [1.807, 2.05) is 40.7 Å². The second-order valence-electron chi connectivity index (χ2n) is 5.29. The van der Waals surface area contributed by atoms with Crippen molar-refractivity contribution in [3.63, 3.8) is 0 Å². The van der Waals surface area contributed by atoms with Crippen LogP contribution in [0.2, 0.25) is 0 Å². The third kappa shape index (κ3) is 2.57. The molecule has 0 spiro atoms. The summed E-state index contributed by atoms with van der Waals surface area (Å²) in [5.74, 6) is -0.0162. The van der Waals surface area contributed by atoms with Gasteiger partial charge < -0.3 is 10.2 Å². The summed E-state index contributed by atoms with van der Waals surface area (Å²) in [6, 6.07) is -0.373. The van der Waals surface area contributed by atoms with Crippen LogP contribution in [0.1, 0.15) is 47.5 Å². The maximum Gasteiger partial charge on any atom is 0.246 e. The molecule has 102 valence electrons. The standard InChI is InChI=1S/C14H24N2O2/c1-6-11-12(17)16(9-8-10(3)4)14(5,7-2)13(18)15-11/h8,11H,6-7,9H2,1-5H3,(H,15,18). The number of nitrogens with one attached hydrogen (secondary N) is 1. The fourth-order valence-electron chi connectivity index (χ4n) is 2.12. The Morgan fingerprint density at radius 2 is 2.00 bits per heavy atom. The maximum atomic E-state index is 12.4. The highest BCUT2D eigenvalue weighted by molar-refractivity contribution is 5.99. The van der Waals surface area contributed by atoms with Crippen molar-refractivity contribution in [1.29, 1.82) is 0 Å². The van der Waals surface area contributed by atoms with Crippen molar-refractivity contribution < 1.29 is 9.59 Å². The molecule has 2 unspecified atom stereocenters. The minimum absolute atomic E-state index is 0.0268. The molecule has 1 saturated heterocycles. The van der Waals surface area contributed by atoms with Gasteiger partial charge in [0.2, 0.25) is 11.8 Å². The van der Waals surface area contributed by atoms with Crippen molar-refractivity contribution in [2.24, 2.45) is 0 Å². The van der Waals surface area contributed by atoms with Gasteiger partial charge in [-0.1, -0.05) is 25.5 Å². The van der Waals surface area contributed by atoms with E-state index in [1.54, 1.807) is 4.90 Å². The summed E-state index contributed by atoms with van der Waals surface area (Å²) in [5, 5.41) is 2.82. The van der Waals surface area contributed by atoms with Gasteiger partial charge in [0.25, 0.3) is 0 Å². The van der Waals surface area contributed by atoms with Gasteiger partial charge >= 0.3 is 0 Å². The van der Waals surface area contributed by atoms with Crippen molar-refractivity contribution in [3.05, 3.63) is 11.6 Å². The van der Waals surface area contributed by atoms with E-state index in [4.69, 9.17) is 0 Å². The normalized spacial score (nSPS) is 28.1. The fourth-order valence-corrected chi connectivity index (χ4v) is 2.12. The van der Waals surface area contributed by atoms with Crippen LogP contribution in [-0.4, -0.2) is 34.8 Å². The van der Waals surface area contributed by atoms with E-state index >= 15 is 0 Å². The van der Waals surface area contributed by atoms with Crippen LogP contribution in [0.4, 0.5) is 0 Å². The van der Waals surface area contributed by atoms with E-state index in [0.717, 1.165) is 5.57 Å². The summed E-state index contributed by atoms with van der Waals surface area (Å²) in [5.41, 5.74) is 0.426. The molecule has 1 heterocycles. The Hall–Kier alpha value is -1.32. The average Bonchev–Trinajstić information content (AvgIpc) is 2.33. The van der Waals surface area contributed by atoms with E-state index < -0.39 is 5.54 Å². The van der Waals surface area contributed by atoms with Gasteiger partial charge in [-0.05, 0) is 33.6 Å². The largest absolute Gasteiger partial charge is 0.342 e. The van der Waals surface area contributed by atoms with Gasteiger partial charge in [0, 0.05) is 6.54 Å². The first-order valence-corrected chi connectivity index (χ1v) is 6.62. The van der Waals surface area contributed by atoms with Crippen molar-refractivity contribution in [2.45, 2.75) is 59.0 Å². The van der Waals surface area contributed by atoms with Crippen LogP contribution in [0.3, 0.4) is 0 Å². The molecule has 2 atom stereocenters. The molecular weight excluding hydrogens is 228 g/mol. The van der Waals surface area contributed by atoms with Crippen molar-refractivity contribution in [1.82, 2.24) is 10.2 Å². The van der Waals surface area contributed by atoms with Crippen LogP contribution in [0.25, 0.3) is 0 Å². The van der Waals surface area contributed by atoms with Gasteiger partial charge in [-0.3, -0.25) is 9.59 Å². The Kier molecular flexibility index (Phi) is 4.54. The average molecular weight is 252 g/mol. The van der Waals surface area contributed by atoms with E-state index in [9.17, 15) is 9.59 Å². The van der Waals surface area contributed by atoms with Crippen molar-refractivity contribution in [2.75, 3.05) is 6.54 Å². The van der Waals surface area contributed by atoms with E-state index in [2.05, 4.69) is 5.32 Å². The quantitative estimate of drug-likeness (QED) is 0.776. The van der Waals surface area contributed by atoms with Crippen molar-refractivity contribution >= 4 is 11.8 Å². The maximum absolute atomic E-state index is 12.4. The first-order chi connectivity index (χ1) is 8.36. The van der Waals surface area contributed by atoms with E-state index in [0.29, 0.717) is 19.4 Å². The lowest BCUT2D eigenvalue weighted by atomic mass is 9.90. The number of hydrogen-bond acceptors (Lipinski definition) is 2. The Morgan fingerprint density at radius 3 is 2.44 bits per heavy atom. The number of nitrogens with zero attached hydrogens (tertiary/aromatic N) is 1. The number of hydrogen-bond donors (Lipinski definition) is 1. The number of piperazine rings is 1. The Bertz CT molecular complexity index is 372. The minimum Gasteiger partial charge on any atom is -0.342 e. The molecule has 0 aliphatic carbocycles. The lowest BCUT2D eigenvalue weighted by Crippen LogP contribution is -2.69. The summed E-state index contributed by atoms with van der Waals surface area (Å²) in [7, 11) is 0. The predicted octanol–water partition coefficient (Wildman–Crippen LogP) is 1.86. The summed E-state index contributed by atoms with van der Waals surface area (Å²) in [6.07, 6.45) is 3.25. The number of carbonyl (C=O) groups is 2. The monoisotopic (exact) mass is 252 g/mol. The minimum atomic E-state index is -0.727. The first kappa shape index (κ1) is 14.7. The molecule has 4 heteroatoms. The zero-order valence-electron chi connectivity index (χ0n) is 12.0. The van der Waals surface area contributed by atoms with Gasteiger partial charge in [0.15, 0.2) is 0 Å². The van der Waals surface area contributed by atoms with E-state index in [1.165, 1.54) is 0 Å². The summed E-state index contributed by atoms with van der Waals surface area (Å²) >= 11 is 0. The molecule has 2 amide bonds. The molecule has 1 N–H and O–H groups in total. The highest BCUT2D eigenvalue weighted by atomic mass is 16.2.